The van der Waals surface area contributed by atoms with Gasteiger partial charge in [0.2, 0.25) is 0 Å². The molecule has 2 aromatic rings. The molecule has 100 valence electrons. The molecule has 0 amide bonds. The third-order valence-electron chi connectivity index (χ3n) is 3.10. The van der Waals surface area contributed by atoms with Gasteiger partial charge in [0.15, 0.2) is 0 Å². The van der Waals surface area contributed by atoms with Crippen LogP contribution in [0.1, 0.15) is 24.7 Å². The largest absolute Gasteiger partial charge is 0.481 e. The van der Waals surface area contributed by atoms with E-state index in [2.05, 4.69) is 9.55 Å². The van der Waals surface area contributed by atoms with E-state index >= 15 is 0 Å². The highest BCUT2D eigenvalue weighted by Gasteiger charge is 2.28. The van der Waals surface area contributed by atoms with E-state index in [1.54, 1.807) is 0 Å². The Morgan fingerprint density at radius 1 is 1.53 bits per heavy atom. The molecule has 1 aromatic heterocycles. The zero-order valence-corrected chi connectivity index (χ0v) is 11.7. The van der Waals surface area contributed by atoms with Gasteiger partial charge in [-0.2, -0.15) is 0 Å². The molecule has 0 aliphatic heterocycles. The Bertz CT molecular complexity index is 637. The number of hydrogen-bond acceptors (Lipinski definition) is 3. The molecule has 1 aliphatic carbocycles. The van der Waals surface area contributed by atoms with Gasteiger partial charge in [0.05, 0.1) is 27.6 Å². The van der Waals surface area contributed by atoms with E-state index in [9.17, 15) is 4.79 Å². The predicted octanol–water partition coefficient (Wildman–Crippen LogP) is 3.34. The lowest BCUT2D eigenvalue weighted by atomic mass is 10.3. The van der Waals surface area contributed by atoms with Crippen LogP contribution < -0.4 is 0 Å². The first kappa shape index (κ1) is 12.8. The third-order valence-corrected chi connectivity index (χ3v) is 4.32. The standard InChI is InChI=1S/C13H13ClN2O2S/c14-9-2-1-3-10-13(9)16(8-4-5-8)11(15-10)6-19-7-12(17)18/h1-3,8H,4-7H2,(H,17,18). The Kier molecular flexibility index (Phi) is 3.41. The maximum absolute atomic E-state index is 10.6. The number of carboxylic acids is 1. The van der Waals surface area contributed by atoms with Crippen molar-refractivity contribution >= 4 is 40.4 Å². The molecule has 4 nitrogen and oxygen atoms in total. The summed E-state index contributed by atoms with van der Waals surface area (Å²) in [4.78, 5) is 15.2. The van der Waals surface area contributed by atoms with Crippen LogP contribution in [0.15, 0.2) is 18.2 Å². The van der Waals surface area contributed by atoms with Gasteiger partial charge in [-0.05, 0) is 25.0 Å². The number of benzene rings is 1. The quantitative estimate of drug-likeness (QED) is 0.919. The van der Waals surface area contributed by atoms with Gasteiger partial charge in [-0.1, -0.05) is 17.7 Å². The second-order valence-corrected chi connectivity index (χ2v) is 6.02. The Balaban J connectivity index is 1.96. The van der Waals surface area contributed by atoms with Crippen molar-refractivity contribution in [2.24, 2.45) is 0 Å². The summed E-state index contributed by atoms with van der Waals surface area (Å²) in [6.45, 7) is 0. The summed E-state index contributed by atoms with van der Waals surface area (Å²) < 4.78 is 2.19. The SMILES string of the molecule is O=C(O)CSCc1nc2cccc(Cl)c2n1C1CC1. The number of fused-ring (bicyclic) bond motifs is 1. The van der Waals surface area contributed by atoms with Crippen molar-refractivity contribution in [3.8, 4) is 0 Å². The van der Waals surface area contributed by atoms with Crippen molar-refractivity contribution < 1.29 is 9.90 Å². The van der Waals surface area contributed by atoms with Gasteiger partial charge in [0.1, 0.15) is 5.82 Å². The van der Waals surface area contributed by atoms with Crippen molar-refractivity contribution in [3.63, 3.8) is 0 Å². The van der Waals surface area contributed by atoms with Crippen molar-refractivity contribution in [2.75, 3.05) is 5.75 Å². The van der Waals surface area contributed by atoms with E-state index < -0.39 is 5.97 Å². The Labute approximate surface area is 119 Å². The van der Waals surface area contributed by atoms with Gasteiger partial charge in [-0.15, -0.1) is 11.8 Å². The summed E-state index contributed by atoms with van der Waals surface area (Å²) >= 11 is 7.64. The van der Waals surface area contributed by atoms with Crippen LogP contribution in [0, 0.1) is 0 Å². The lowest BCUT2D eigenvalue weighted by molar-refractivity contribution is -0.133. The van der Waals surface area contributed by atoms with Crippen molar-refractivity contribution in [1.82, 2.24) is 9.55 Å². The van der Waals surface area contributed by atoms with E-state index in [0.29, 0.717) is 16.8 Å². The number of aliphatic carboxylic acids is 1. The summed E-state index contributed by atoms with van der Waals surface area (Å²) in [5.74, 6) is 0.837. The molecule has 0 atom stereocenters. The number of carbonyl (C=O) groups is 1. The zero-order chi connectivity index (χ0) is 13.4. The molecule has 0 unspecified atom stereocenters. The average molecular weight is 297 g/mol. The molecule has 0 radical (unpaired) electrons. The Hall–Kier alpha value is -1.20. The number of hydrogen-bond donors (Lipinski definition) is 1. The molecule has 19 heavy (non-hydrogen) atoms. The number of nitrogens with zero attached hydrogens (tertiary/aromatic N) is 2. The highest BCUT2D eigenvalue weighted by molar-refractivity contribution is 7.99. The van der Waals surface area contributed by atoms with Crippen LogP contribution in [0.4, 0.5) is 0 Å². The van der Waals surface area contributed by atoms with Crippen LogP contribution in [0.25, 0.3) is 11.0 Å². The van der Waals surface area contributed by atoms with Gasteiger partial charge in [-0.3, -0.25) is 4.79 Å². The molecular formula is C13H13ClN2O2S. The molecule has 1 heterocycles. The fourth-order valence-corrected chi connectivity index (χ4v) is 3.14. The number of halogens is 1. The fourth-order valence-electron chi connectivity index (χ4n) is 2.21. The van der Waals surface area contributed by atoms with Crippen LogP contribution in [-0.2, 0) is 10.5 Å². The van der Waals surface area contributed by atoms with Crippen LogP contribution in [0.5, 0.6) is 0 Å². The Morgan fingerprint density at radius 3 is 3.00 bits per heavy atom. The summed E-state index contributed by atoms with van der Waals surface area (Å²) in [5.41, 5.74) is 1.88. The first-order chi connectivity index (χ1) is 9.16. The molecule has 1 aromatic carbocycles. The normalized spacial score (nSPS) is 15.0. The second kappa shape index (κ2) is 5.06. The topological polar surface area (TPSA) is 55.1 Å². The molecule has 1 fully saturated rings. The first-order valence-corrected chi connectivity index (χ1v) is 7.65. The van der Waals surface area contributed by atoms with E-state index in [-0.39, 0.29) is 5.75 Å². The molecule has 1 saturated carbocycles. The number of para-hydroxylation sites is 1. The predicted molar refractivity (Wildman–Crippen MR) is 76.8 cm³/mol. The van der Waals surface area contributed by atoms with Gasteiger partial charge in [0.25, 0.3) is 0 Å². The van der Waals surface area contributed by atoms with Crippen LogP contribution in [0.3, 0.4) is 0 Å². The van der Waals surface area contributed by atoms with Crippen LogP contribution in [0.2, 0.25) is 5.02 Å². The summed E-state index contributed by atoms with van der Waals surface area (Å²) in [7, 11) is 0. The highest BCUT2D eigenvalue weighted by atomic mass is 35.5. The number of imidazole rings is 1. The molecular weight excluding hydrogens is 284 g/mol. The molecule has 0 spiro atoms. The van der Waals surface area contributed by atoms with Crippen molar-refractivity contribution in [3.05, 3.63) is 29.0 Å². The highest BCUT2D eigenvalue weighted by Crippen LogP contribution is 2.41. The molecule has 1 N–H and O–H groups in total. The minimum atomic E-state index is -0.794. The minimum Gasteiger partial charge on any atom is -0.481 e. The van der Waals surface area contributed by atoms with Gasteiger partial charge in [-0.25, -0.2) is 4.98 Å². The molecule has 0 bridgehead atoms. The molecule has 6 heteroatoms. The average Bonchev–Trinajstić information content (AvgIpc) is 3.11. The summed E-state index contributed by atoms with van der Waals surface area (Å²) in [6.07, 6.45) is 2.29. The van der Waals surface area contributed by atoms with Crippen LogP contribution >= 0.6 is 23.4 Å². The summed E-state index contributed by atoms with van der Waals surface area (Å²) in [5, 5.41) is 9.41. The molecule has 0 saturated heterocycles. The van der Waals surface area contributed by atoms with E-state index in [1.807, 2.05) is 18.2 Å². The van der Waals surface area contributed by atoms with Crippen molar-refractivity contribution in [1.29, 1.82) is 0 Å². The Morgan fingerprint density at radius 2 is 2.32 bits per heavy atom. The van der Waals surface area contributed by atoms with Crippen LogP contribution in [-0.4, -0.2) is 26.4 Å². The summed E-state index contributed by atoms with van der Waals surface area (Å²) in [6, 6.07) is 6.19. The van der Waals surface area contributed by atoms with Gasteiger partial charge >= 0.3 is 5.97 Å². The second-order valence-electron chi connectivity index (χ2n) is 4.62. The lowest BCUT2D eigenvalue weighted by Crippen LogP contribution is -2.03. The van der Waals surface area contributed by atoms with Crippen molar-refractivity contribution in [2.45, 2.75) is 24.6 Å². The number of rotatable bonds is 5. The fraction of sp³-hybridized carbons (Fsp3) is 0.385. The van der Waals surface area contributed by atoms with E-state index in [0.717, 1.165) is 29.7 Å². The number of carboxylic acid groups (broad SMARTS) is 1. The molecule has 3 rings (SSSR count). The van der Waals surface area contributed by atoms with Gasteiger partial charge < -0.3 is 9.67 Å². The maximum atomic E-state index is 10.6. The number of thioether (sulfide) groups is 1. The third kappa shape index (κ3) is 2.58. The van der Waals surface area contributed by atoms with E-state index in [1.165, 1.54) is 11.8 Å². The number of aromatic nitrogens is 2. The zero-order valence-electron chi connectivity index (χ0n) is 10.2. The molecule has 1 aliphatic rings. The van der Waals surface area contributed by atoms with Gasteiger partial charge in [0, 0.05) is 6.04 Å². The maximum Gasteiger partial charge on any atom is 0.313 e. The monoisotopic (exact) mass is 296 g/mol. The first-order valence-electron chi connectivity index (χ1n) is 6.11. The smallest absolute Gasteiger partial charge is 0.313 e. The minimum absolute atomic E-state index is 0.0988. The van der Waals surface area contributed by atoms with E-state index in [4.69, 9.17) is 16.7 Å². The lowest BCUT2D eigenvalue weighted by Gasteiger charge is -2.07.